The Morgan fingerprint density at radius 1 is 1.10 bits per heavy atom. The summed E-state index contributed by atoms with van der Waals surface area (Å²) < 4.78 is 14.6. The van der Waals surface area contributed by atoms with Crippen LogP contribution in [0.25, 0.3) is 5.76 Å². The van der Waals surface area contributed by atoms with Gasteiger partial charge in [0.1, 0.15) is 11.6 Å². The molecule has 1 atom stereocenters. The minimum absolute atomic E-state index is 0.0752. The third-order valence-electron chi connectivity index (χ3n) is 5.07. The molecule has 0 bridgehead atoms. The number of amides is 1. The van der Waals surface area contributed by atoms with E-state index in [1.165, 1.54) is 11.0 Å². The maximum atomic E-state index is 14.6. The number of carbonyl (C=O) groups is 2. The van der Waals surface area contributed by atoms with Crippen LogP contribution in [0, 0.1) is 12.7 Å². The van der Waals surface area contributed by atoms with Crippen molar-refractivity contribution in [2.75, 3.05) is 27.2 Å². The summed E-state index contributed by atoms with van der Waals surface area (Å²) in [7, 11) is 3.83. The lowest BCUT2D eigenvalue weighted by Crippen LogP contribution is -2.32. The van der Waals surface area contributed by atoms with E-state index in [9.17, 15) is 19.1 Å². The molecule has 6 heteroatoms. The van der Waals surface area contributed by atoms with Gasteiger partial charge in [-0.2, -0.15) is 0 Å². The number of aliphatic hydroxyl groups excluding tert-OH is 1. The number of rotatable bonds is 6. The van der Waals surface area contributed by atoms with Gasteiger partial charge in [-0.05, 0) is 40.1 Å². The number of aliphatic hydroxyl groups is 1. The Labute approximate surface area is 170 Å². The molecule has 1 heterocycles. The van der Waals surface area contributed by atoms with Crippen LogP contribution in [0.2, 0.25) is 0 Å². The van der Waals surface area contributed by atoms with Gasteiger partial charge in [0.05, 0.1) is 11.6 Å². The molecule has 0 aliphatic carbocycles. The Hall–Kier alpha value is -2.99. The first-order chi connectivity index (χ1) is 13.8. The highest BCUT2D eigenvalue weighted by atomic mass is 19.1. The van der Waals surface area contributed by atoms with E-state index in [0.717, 1.165) is 5.56 Å². The molecule has 0 radical (unpaired) electrons. The Bertz CT molecular complexity index is 951. The molecule has 0 saturated carbocycles. The van der Waals surface area contributed by atoms with Crippen molar-refractivity contribution in [1.29, 1.82) is 0 Å². The standard InChI is InChI=1S/C23H25FN2O3/c1-15-9-11-16(12-10-15)21(27)19-20(17-7-4-5-8-18(17)24)26(23(29)22(19)28)14-6-13-25(2)3/h4-5,7-12,20,27H,6,13-14H2,1-3H3/t20-/m0/s1. The monoisotopic (exact) mass is 396 g/mol. The van der Waals surface area contributed by atoms with E-state index in [1.807, 2.05) is 25.9 Å². The number of ketones is 1. The molecule has 2 aromatic rings. The van der Waals surface area contributed by atoms with E-state index in [0.29, 0.717) is 18.5 Å². The molecule has 1 amide bonds. The molecule has 1 N–H and O–H groups in total. The summed E-state index contributed by atoms with van der Waals surface area (Å²) in [6, 6.07) is 12.1. The van der Waals surface area contributed by atoms with Crippen molar-refractivity contribution in [3.05, 3.63) is 76.6 Å². The van der Waals surface area contributed by atoms with Gasteiger partial charge < -0.3 is 14.9 Å². The summed E-state index contributed by atoms with van der Waals surface area (Å²) in [6.45, 7) is 2.91. The van der Waals surface area contributed by atoms with Crippen LogP contribution in [0.4, 0.5) is 4.39 Å². The number of Topliss-reactive ketones (excluding diaryl/α,β-unsaturated/α-hetero) is 1. The van der Waals surface area contributed by atoms with Gasteiger partial charge >= 0.3 is 0 Å². The highest BCUT2D eigenvalue weighted by Crippen LogP contribution is 2.40. The van der Waals surface area contributed by atoms with Crippen LogP contribution in [-0.2, 0) is 9.59 Å². The molecule has 0 unspecified atom stereocenters. The highest BCUT2D eigenvalue weighted by molar-refractivity contribution is 6.46. The van der Waals surface area contributed by atoms with E-state index in [2.05, 4.69) is 0 Å². The molecular formula is C23H25FN2O3. The van der Waals surface area contributed by atoms with Crippen LogP contribution in [0.5, 0.6) is 0 Å². The second kappa shape index (κ2) is 8.57. The van der Waals surface area contributed by atoms with Crippen LogP contribution >= 0.6 is 0 Å². The van der Waals surface area contributed by atoms with Crippen LogP contribution < -0.4 is 0 Å². The molecule has 1 aliphatic rings. The third kappa shape index (κ3) is 4.22. The quantitative estimate of drug-likeness (QED) is 0.461. The summed E-state index contributed by atoms with van der Waals surface area (Å²) in [5.74, 6) is -2.31. The first-order valence-corrected chi connectivity index (χ1v) is 9.56. The zero-order chi connectivity index (χ0) is 21.1. The van der Waals surface area contributed by atoms with Crippen LogP contribution in [0.3, 0.4) is 0 Å². The molecule has 0 spiro atoms. The maximum Gasteiger partial charge on any atom is 0.295 e. The zero-order valence-electron chi connectivity index (χ0n) is 16.9. The SMILES string of the molecule is Cc1ccc(C(O)=C2C(=O)C(=O)N(CCCN(C)C)[C@H]2c2ccccc2F)cc1. The molecule has 29 heavy (non-hydrogen) atoms. The number of carbonyl (C=O) groups excluding carboxylic acids is 2. The maximum absolute atomic E-state index is 14.6. The zero-order valence-corrected chi connectivity index (χ0v) is 16.9. The van der Waals surface area contributed by atoms with Gasteiger partial charge in [-0.3, -0.25) is 9.59 Å². The second-order valence-electron chi connectivity index (χ2n) is 7.54. The lowest BCUT2D eigenvalue weighted by molar-refractivity contribution is -0.140. The molecule has 0 aromatic heterocycles. The smallest absolute Gasteiger partial charge is 0.295 e. The predicted molar refractivity (Wildman–Crippen MR) is 110 cm³/mol. The Morgan fingerprint density at radius 2 is 1.76 bits per heavy atom. The first-order valence-electron chi connectivity index (χ1n) is 9.56. The van der Waals surface area contributed by atoms with Gasteiger partial charge in [-0.25, -0.2) is 4.39 Å². The fraction of sp³-hybridized carbons (Fsp3) is 0.304. The minimum Gasteiger partial charge on any atom is -0.507 e. The van der Waals surface area contributed by atoms with Crippen molar-refractivity contribution in [2.45, 2.75) is 19.4 Å². The fourth-order valence-corrected chi connectivity index (χ4v) is 3.56. The summed E-state index contributed by atoms with van der Waals surface area (Å²) >= 11 is 0. The van der Waals surface area contributed by atoms with Gasteiger partial charge in [0.15, 0.2) is 0 Å². The Morgan fingerprint density at radius 3 is 2.38 bits per heavy atom. The number of aryl methyl sites for hydroxylation is 1. The van der Waals surface area contributed by atoms with Crippen molar-refractivity contribution in [2.24, 2.45) is 0 Å². The number of likely N-dealkylation sites (tertiary alicyclic amines) is 1. The van der Waals surface area contributed by atoms with Crippen LogP contribution in [0.15, 0.2) is 54.1 Å². The molecule has 5 nitrogen and oxygen atoms in total. The van der Waals surface area contributed by atoms with Crippen LogP contribution in [0.1, 0.15) is 29.2 Å². The molecule has 1 aliphatic heterocycles. The number of halogens is 1. The van der Waals surface area contributed by atoms with Gasteiger partial charge in [-0.15, -0.1) is 0 Å². The van der Waals surface area contributed by atoms with E-state index in [4.69, 9.17) is 0 Å². The van der Waals surface area contributed by atoms with Gasteiger partial charge in [0.2, 0.25) is 0 Å². The lowest BCUT2D eigenvalue weighted by atomic mass is 9.94. The van der Waals surface area contributed by atoms with Gasteiger partial charge in [-0.1, -0.05) is 48.0 Å². The molecule has 1 saturated heterocycles. The molecule has 3 rings (SSSR count). The van der Waals surface area contributed by atoms with Gasteiger partial charge in [0.25, 0.3) is 11.7 Å². The average molecular weight is 396 g/mol. The number of hydrogen-bond acceptors (Lipinski definition) is 4. The summed E-state index contributed by atoms with van der Waals surface area (Å²) in [5.41, 5.74) is 1.54. The topological polar surface area (TPSA) is 60.9 Å². The van der Waals surface area contributed by atoms with E-state index < -0.39 is 23.5 Å². The lowest BCUT2D eigenvalue weighted by Gasteiger charge is -2.26. The summed E-state index contributed by atoms with van der Waals surface area (Å²) in [5, 5.41) is 10.9. The van der Waals surface area contributed by atoms with Crippen molar-refractivity contribution in [3.63, 3.8) is 0 Å². The van der Waals surface area contributed by atoms with E-state index in [-0.39, 0.29) is 23.4 Å². The highest BCUT2D eigenvalue weighted by Gasteiger charge is 2.46. The molecular weight excluding hydrogens is 371 g/mol. The minimum atomic E-state index is -0.959. The van der Waals surface area contributed by atoms with Gasteiger partial charge in [0, 0.05) is 17.7 Å². The molecule has 2 aromatic carbocycles. The predicted octanol–water partition coefficient (Wildman–Crippen LogP) is 3.51. The Balaban J connectivity index is 2.11. The second-order valence-corrected chi connectivity index (χ2v) is 7.54. The third-order valence-corrected chi connectivity index (χ3v) is 5.07. The number of hydrogen-bond donors (Lipinski definition) is 1. The molecule has 1 fully saturated rings. The number of benzene rings is 2. The van der Waals surface area contributed by atoms with Crippen molar-refractivity contribution >= 4 is 17.4 Å². The van der Waals surface area contributed by atoms with Crippen LogP contribution in [-0.4, -0.2) is 53.8 Å². The largest absolute Gasteiger partial charge is 0.507 e. The van der Waals surface area contributed by atoms with E-state index in [1.54, 1.807) is 42.5 Å². The number of nitrogens with zero attached hydrogens (tertiary/aromatic N) is 2. The fourth-order valence-electron chi connectivity index (χ4n) is 3.56. The van der Waals surface area contributed by atoms with Crippen molar-refractivity contribution in [1.82, 2.24) is 9.80 Å². The Kier molecular flexibility index (Phi) is 6.13. The van der Waals surface area contributed by atoms with Crippen molar-refractivity contribution in [3.8, 4) is 0 Å². The first kappa shape index (κ1) is 20.7. The molecule has 152 valence electrons. The summed E-state index contributed by atoms with van der Waals surface area (Å²) in [4.78, 5) is 29.0. The average Bonchev–Trinajstić information content (AvgIpc) is 2.93. The van der Waals surface area contributed by atoms with Crippen molar-refractivity contribution < 1.29 is 19.1 Å². The van der Waals surface area contributed by atoms with E-state index >= 15 is 0 Å². The normalized spacial score (nSPS) is 18.7. The summed E-state index contributed by atoms with van der Waals surface area (Å²) in [6.07, 6.45) is 0.621.